The molecule has 0 aromatic rings. The summed E-state index contributed by atoms with van der Waals surface area (Å²) in [6.07, 6.45) is 8.01. The summed E-state index contributed by atoms with van der Waals surface area (Å²) in [5.74, 6) is 3.39. The number of hydrogen-bond acceptors (Lipinski definition) is 2. The molecule has 4 rings (SSSR count). The molecule has 0 radical (unpaired) electrons. The molecule has 4 aliphatic rings. The minimum Gasteiger partial charge on any atom is -0.390 e. The molecule has 5 heteroatoms. The van der Waals surface area contributed by atoms with Crippen molar-refractivity contribution in [3.63, 3.8) is 0 Å². The van der Waals surface area contributed by atoms with E-state index in [1.54, 1.807) is 0 Å². The fraction of sp³-hybridized carbons (Fsp3) is 1.00. The first kappa shape index (κ1) is 26.8. The molecule has 0 spiro atoms. The van der Waals surface area contributed by atoms with E-state index in [9.17, 15) is 23.4 Å². The highest BCUT2D eigenvalue weighted by Crippen LogP contribution is 2.68. The van der Waals surface area contributed by atoms with Crippen molar-refractivity contribution in [1.29, 1.82) is 0 Å². The van der Waals surface area contributed by atoms with Crippen LogP contribution in [0.3, 0.4) is 0 Å². The lowest BCUT2D eigenvalue weighted by Gasteiger charge is -2.59. The van der Waals surface area contributed by atoms with Gasteiger partial charge in [0.05, 0.1) is 5.60 Å². The second kappa shape index (κ2) is 8.92. The van der Waals surface area contributed by atoms with Crippen LogP contribution in [0.15, 0.2) is 0 Å². The van der Waals surface area contributed by atoms with E-state index in [2.05, 4.69) is 27.7 Å². The highest BCUT2D eigenvalue weighted by molar-refractivity contribution is 5.10. The van der Waals surface area contributed by atoms with E-state index < -0.39 is 17.4 Å². The van der Waals surface area contributed by atoms with Gasteiger partial charge in [0.1, 0.15) is 0 Å². The Morgan fingerprint density at radius 2 is 1.62 bits per heavy atom. The summed E-state index contributed by atoms with van der Waals surface area (Å²) in [7, 11) is 0. The van der Waals surface area contributed by atoms with Crippen molar-refractivity contribution in [1.82, 2.24) is 0 Å². The van der Waals surface area contributed by atoms with Gasteiger partial charge in [0, 0.05) is 0 Å². The maximum atomic E-state index is 13.2. The van der Waals surface area contributed by atoms with Crippen LogP contribution in [0.5, 0.6) is 0 Å². The van der Waals surface area contributed by atoms with Crippen LogP contribution in [0.1, 0.15) is 118 Å². The normalized spacial score (nSPS) is 47.6. The van der Waals surface area contributed by atoms with Crippen molar-refractivity contribution in [2.24, 2.45) is 46.3 Å². The molecule has 4 aliphatic carbocycles. The third kappa shape index (κ3) is 4.37. The molecule has 0 aromatic heterocycles. The molecular weight excluding hydrogens is 437 g/mol. The summed E-state index contributed by atoms with van der Waals surface area (Å²) in [6.45, 7) is 10.2. The number of fused-ring (bicyclic) bond motifs is 5. The molecule has 0 amide bonds. The Bertz CT molecular complexity index is 735. The molecule has 0 unspecified atom stereocenters. The number of aliphatic hydroxyl groups is 2. The summed E-state index contributed by atoms with van der Waals surface area (Å²) in [6, 6.07) is 0. The molecular formula is C29H49F3O2. The smallest absolute Gasteiger partial charge is 0.390 e. The molecule has 2 N–H and O–H groups in total. The van der Waals surface area contributed by atoms with Crippen LogP contribution >= 0.6 is 0 Å². The lowest BCUT2D eigenvalue weighted by Crippen LogP contribution is -2.52. The molecule has 0 heterocycles. The van der Waals surface area contributed by atoms with Gasteiger partial charge < -0.3 is 10.2 Å². The number of hydrogen-bond donors (Lipinski definition) is 2. The average Bonchev–Trinajstić information content (AvgIpc) is 3.03. The summed E-state index contributed by atoms with van der Waals surface area (Å²) in [5, 5.41) is 21.1. The Kier molecular flexibility index (Phi) is 7.02. The maximum absolute atomic E-state index is 13.2. The maximum Gasteiger partial charge on any atom is 0.416 e. The molecule has 0 aliphatic heterocycles. The second-order valence-corrected chi connectivity index (χ2v) is 13.8. The van der Waals surface area contributed by atoms with Crippen molar-refractivity contribution in [2.75, 3.05) is 0 Å². The fourth-order valence-electron chi connectivity index (χ4n) is 9.77. The Morgan fingerprint density at radius 1 is 0.941 bits per heavy atom. The van der Waals surface area contributed by atoms with Crippen LogP contribution in [0, 0.1) is 46.3 Å². The summed E-state index contributed by atoms with van der Waals surface area (Å²) < 4.78 is 39.6. The molecule has 10 atom stereocenters. The first-order valence-corrected chi connectivity index (χ1v) is 14.2. The van der Waals surface area contributed by atoms with E-state index in [1.165, 1.54) is 38.5 Å². The van der Waals surface area contributed by atoms with Crippen LogP contribution < -0.4 is 0 Å². The zero-order valence-electron chi connectivity index (χ0n) is 22.2. The largest absolute Gasteiger partial charge is 0.416 e. The van der Waals surface area contributed by atoms with Crippen LogP contribution in [-0.2, 0) is 0 Å². The van der Waals surface area contributed by atoms with Gasteiger partial charge in [-0.25, -0.2) is 0 Å². The van der Waals surface area contributed by atoms with Gasteiger partial charge in [-0.3, -0.25) is 0 Å². The van der Waals surface area contributed by atoms with Crippen molar-refractivity contribution in [3.8, 4) is 0 Å². The van der Waals surface area contributed by atoms with E-state index in [-0.39, 0.29) is 17.8 Å². The van der Waals surface area contributed by atoms with Gasteiger partial charge in [-0.2, -0.15) is 13.2 Å². The van der Waals surface area contributed by atoms with E-state index in [0.717, 1.165) is 50.9 Å². The molecule has 0 aromatic carbocycles. The van der Waals surface area contributed by atoms with Gasteiger partial charge in [-0.15, -0.1) is 0 Å². The molecule has 4 fully saturated rings. The van der Waals surface area contributed by atoms with Gasteiger partial charge >= 0.3 is 6.18 Å². The highest BCUT2D eigenvalue weighted by atomic mass is 19.4. The Morgan fingerprint density at radius 3 is 2.26 bits per heavy atom. The predicted octanol–water partition coefficient (Wildman–Crippen LogP) is 7.91. The SMILES string of the molecule is CC[C@]1(O)CCC[C@@]2(C)[C@@H](CC[C@@H]3[C@@H]2CC[C@]2(C)[C@@H]([C@H](C)CC[C@@](C)(O)C(F)(F)F)CC[C@@H]32)C1. The van der Waals surface area contributed by atoms with E-state index >= 15 is 0 Å². The molecule has 198 valence electrons. The van der Waals surface area contributed by atoms with Crippen LogP contribution in [0.25, 0.3) is 0 Å². The number of halogens is 3. The summed E-state index contributed by atoms with van der Waals surface area (Å²) in [4.78, 5) is 0. The van der Waals surface area contributed by atoms with E-state index in [1.807, 2.05) is 0 Å². The second-order valence-electron chi connectivity index (χ2n) is 13.8. The van der Waals surface area contributed by atoms with Crippen molar-refractivity contribution < 1.29 is 23.4 Å². The lowest BCUT2D eigenvalue weighted by atomic mass is 9.45. The molecule has 4 saturated carbocycles. The Hall–Kier alpha value is -0.290. The highest BCUT2D eigenvalue weighted by Gasteiger charge is 2.61. The standard InChI is InChI=1S/C29H49F3O2/c1-6-28(34)15-7-14-25(3)20(18-28)8-9-21-23-11-10-22(26(23,4)16-13-24(21)25)19(2)12-17-27(5,33)29(30,31)32/h19-24,33-34H,6-18H2,1-5H3/t19-,20+,21+,22-,23+,24+,25+,26-,27-,28+/m1/s1. The molecule has 0 saturated heterocycles. The van der Waals surface area contributed by atoms with Crippen LogP contribution in [0.4, 0.5) is 13.2 Å². The van der Waals surface area contributed by atoms with Crippen LogP contribution in [0.2, 0.25) is 0 Å². The quantitative estimate of drug-likeness (QED) is 0.414. The van der Waals surface area contributed by atoms with Gasteiger partial charge in [-0.1, -0.05) is 34.1 Å². The third-order valence-electron chi connectivity index (χ3n) is 12.2. The van der Waals surface area contributed by atoms with Gasteiger partial charge in [0.2, 0.25) is 0 Å². The number of alkyl halides is 3. The topological polar surface area (TPSA) is 40.5 Å². The molecule has 2 nitrogen and oxygen atoms in total. The van der Waals surface area contributed by atoms with Gasteiger partial charge in [-0.05, 0) is 130 Å². The molecule has 0 bridgehead atoms. The first-order chi connectivity index (χ1) is 15.7. The number of rotatable bonds is 5. The zero-order valence-corrected chi connectivity index (χ0v) is 22.2. The summed E-state index contributed by atoms with van der Waals surface area (Å²) >= 11 is 0. The van der Waals surface area contributed by atoms with Gasteiger partial charge in [0.15, 0.2) is 5.60 Å². The van der Waals surface area contributed by atoms with Crippen LogP contribution in [-0.4, -0.2) is 27.6 Å². The monoisotopic (exact) mass is 486 g/mol. The zero-order chi connectivity index (χ0) is 25.2. The Labute approximate surface area is 205 Å². The lowest BCUT2D eigenvalue weighted by molar-refractivity contribution is -0.256. The predicted molar refractivity (Wildman–Crippen MR) is 130 cm³/mol. The minimum atomic E-state index is -4.57. The Balaban J connectivity index is 1.48. The van der Waals surface area contributed by atoms with Crippen molar-refractivity contribution >= 4 is 0 Å². The first-order valence-electron chi connectivity index (χ1n) is 14.2. The molecule has 34 heavy (non-hydrogen) atoms. The average molecular weight is 487 g/mol. The van der Waals surface area contributed by atoms with Gasteiger partial charge in [0.25, 0.3) is 0 Å². The third-order valence-corrected chi connectivity index (χ3v) is 12.2. The van der Waals surface area contributed by atoms with E-state index in [4.69, 9.17) is 0 Å². The minimum absolute atomic E-state index is 0.199. The van der Waals surface area contributed by atoms with Crippen molar-refractivity contribution in [3.05, 3.63) is 0 Å². The van der Waals surface area contributed by atoms with Crippen molar-refractivity contribution in [2.45, 2.75) is 135 Å². The fourth-order valence-corrected chi connectivity index (χ4v) is 9.77. The summed E-state index contributed by atoms with van der Waals surface area (Å²) in [5.41, 5.74) is -2.55. The van der Waals surface area contributed by atoms with E-state index in [0.29, 0.717) is 29.6 Å².